The van der Waals surface area contributed by atoms with E-state index in [-0.39, 0.29) is 25.1 Å². The number of para-hydroxylation sites is 2. The number of carbonyl (C=O) groups excluding carboxylic acids is 2. The van der Waals surface area contributed by atoms with E-state index in [1.54, 1.807) is 24.3 Å². The summed E-state index contributed by atoms with van der Waals surface area (Å²) in [4.78, 5) is 36.1. The molecule has 144 valence electrons. The second-order valence-corrected chi connectivity index (χ2v) is 7.78. The topological polar surface area (TPSA) is 90.5 Å². The lowest BCUT2D eigenvalue weighted by molar-refractivity contribution is -0.149. The molecule has 1 aromatic carbocycles. The molecule has 0 unspecified atom stereocenters. The predicted octanol–water partition coefficient (Wildman–Crippen LogP) is 2.08. The molecule has 27 heavy (non-hydrogen) atoms. The van der Waals surface area contributed by atoms with Crippen LogP contribution in [0, 0.1) is 17.8 Å². The molecule has 2 aliphatic carbocycles. The molecule has 0 radical (unpaired) electrons. The molecule has 7 heteroatoms. The van der Waals surface area contributed by atoms with Gasteiger partial charge < -0.3 is 14.5 Å². The van der Waals surface area contributed by atoms with Gasteiger partial charge in [-0.3, -0.25) is 14.2 Å². The van der Waals surface area contributed by atoms with Gasteiger partial charge in [0.1, 0.15) is 6.54 Å². The highest BCUT2D eigenvalue weighted by molar-refractivity contribution is 5.81. The van der Waals surface area contributed by atoms with Crippen molar-refractivity contribution in [2.75, 3.05) is 6.61 Å². The number of benzene rings is 1. The number of ether oxygens (including phenoxy) is 1. The number of hydrogen-bond acceptors (Lipinski definition) is 5. The largest absolute Gasteiger partial charge is 0.454 e. The summed E-state index contributed by atoms with van der Waals surface area (Å²) in [6.45, 7) is 1.40. The molecule has 1 amide bonds. The Balaban J connectivity index is 1.28. The molecule has 2 aromatic rings. The van der Waals surface area contributed by atoms with Crippen molar-refractivity contribution in [3.05, 3.63) is 34.8 Å². The van der Waals surface area contributed by atoms with Crippen LogP contribution in [-0.2, 0) is 20.9 Å². The van der Waals surface area contributed by atoms with Gasteiger partial charge in [-0.05, 0) is 56.1 Å². The van der Waals surface area contributed by atoms with Crippen LogP contribution in [0.5, 0.6) is 0 Å². The fourth-order valence-corrected chi connectivity index (χ4v) is 4.79. The molecule has 1 N–H and O–H groups in total. The average molecular weight is 372 g/mol. The van der Waals surface area contributed by atoms with E-state index < -0.39 is 11.7 Å². The third-order valence-corrected chi connectivity index (χ3v) is 6.05. The number of oxazole rings is 1. The minimum atomic E-state index is -0.647. The first-order valence-corrected chi connectivity index (χ1v) is 9.54. The first-order chi connectivity index (χ1) is 13.0. The van der Waals surface area contributed by atoms with Crippen molar-refractivity contribution in [2.24, 2.45) is 17.8 Å². The van der Waals surface area contributed by atoms with Gasteiger partial charge >= 0.3 is 11.7 Å². The van der Waals surface area contributed by atoms with Crippen molar-refractivity contribution < 1.29 is 18.7 Å². The molecule has 0 saturated heterocycles. The minimum Gasteiger partial charge on any atom is -0.454 e. The fourth-order valence-electron chi connectivity index (χ4n) is 4.79. The zero-order chi connectivity index (χ0) is 19.0. The van der Waals surface area contributed by atoms with Gasteiger partial charge in [0.2, 0.25) is 0 Å². The first kappa shape index (κ1) is 17.8. The van der Waals surface area contributed by atoms with E-state index in [2.05, 4.69) is 5.32 Å². The van der Waals surface area contributed by atoms with Crippen molar-refractivity contribution in [3.63, 3.8) is 0 Å². The van der Waals surface area contributed by atoms with Gasteiger partial charge in [-0.15, -0.1) is 0 Å². The molecule has 0 aliphatic heterocycles. The van der Waals surface area contributed by atoms with E-state index in [0.29, 0.717) is 22.9 Å². The van der Waals surface area contributed by atoms with Gasteiger partial charge in [-0.25, -0.2) is 4.79 Å². The van der Waals surface area contributed by atoms with Gasteiger partial charge in [0, 0.05) is 6.04 Å². The lowest BCUT2D eigenvalue weighted by atomic mass is 9.84. The summed E-state index contributed by atoms with van der Waals surface area (Å²) in [5.74, 6) is 0.491. The van der Waals surface area contributed by atoms with E-state index in [9.17, 15) is 14.4 Å². The van der Waals surface area contributed by atoms with E-state index in [0.717, 1.165) is 5.92 Å². The number of fused-ring (bicyclic) bond motifs is 3. The average Bonchev–Trinajstić information content (AvgIpc) is 3.35. The predicted molar refractivity (Wildman–Crippen MR) is 98.0 cm³/mol. The SMILES string of the molecule is C[C@H](NC(=O)COC(=O)Cn1c(=O)oc2ccccc21)[C@@H]1C[C@H]2CC[C@H]1C2. The number of nitrogens with one attached hydrogen (secondary N) is 1. The molecular formula is C20H24N2O5. The molecule has 2 bridgehead atoms. The highest BCUT2D eigenvalue weighted by atomic mass is 16.5. The van der Waals surface area contributed by atoms with Crippen LogP contribution in [0.4, 0.5) is 0 Å². The Bertz CT molecular complexity index is 914. The van der Waals surface area contributed by atoms with E-state index in [4.69, 9.17) is 9.15 Å². The molecule has 1 heterocycles. The Morgan fingerprint density at radius 1 is 1.30 bits per heavy atom. The van der Waals surface area contributed by atoms with Crippen LogP contribution in [0.1, 0.15) is 32.6 Å². The second-order valence-electron chi connectivity index (χ2n) is 7.78. The minimum absolute atomic E-state index is 0.0898. The fraction of sp³-hybridized carbons (Fsp3) is 0.550. The van der Waals surface area contributed by atoms with E-state index >= 15 is 0 Å². The Labute approximate surface area is 156 Å². The Hall–Kier alpha value is -2.57. The molecule has 7 nitrogen and oxygen atoms in total. The van der Waals surface area contributed by atoms with Crippen molar-refractivity contribution in [1.29, 1.82) is 0 Å². The van der Waals surface area contributed by atoms with E-state index in [1.165, 1.54) is 30.3 Å². The molecular weight excluding hydrogens is 348 g/mol. The van der Waals surface area contributed by atoms with Crippen molar-refractivity contribution >= 4 is 23.0 Å². The molecule has 1 aromatic heterocycles. The van der Waals surface area contributed by atoms with Gasteiger partial charge in [-0.2, -0.15) is 0 Å². The molecule has 2 fully saturated rings. The maximum atomic E-state index is 12.1. The van der Waals surface area contributed by atoms with Crippen LogP contribution in [0.25, 0.3) is 11.1 Å². The van der Waals surface area contributed by atoms with Crippen LogP contribution in [-0.4, -0.2) is 29.1 Å². The highest BCUT2D eigenvalue weighted by Crippen LogP contribution is 2.49. The number of amides is 1. The Kier molecular flexibility index (Phi) is 4.76. The van der Waals surface area contributed by atoms with Crippen LogP contribution in [0.15, 0.2) is 33.5 Å². The molecule has 4 atom stereocenters. The summed E-state index contributed by atoms with van der Waals surface area (Å²) in [5.41, 5.74) is 0.932. The van der Waals surface area contributed by atoms with Crippen LogP contribution < -0.4 is 11.1 Å². The number of rotatable bonds is 6. The quantitative estimate of drug-likeness (QED) is 0.784. The lowest BCUT2D eigenvalue weighted by Crippen LogP contribution is -2.42. The molecule has 0 spiro atoms. The van der Waals surface area contributed by atoms with Crippen molar-refractivity contribution in [3.8, 4) is 0 Å². The van der Waals surface area contributed by atoms with Crippen LogP contribution >= 0.6 is 0 Å². The normalized spacial score (nSPS) is 24.9. The Morgan fingerprint density at radius 2 is 2.11 bits per heavy atom. The summed E-state index contributed by atoms with van der Waals surface area (Å²) in [6.07, 6.45) is 5.05. The van der Waals surface area contributed by atoms with Gasteiger partial charge in [0.25, 0.3) is 5.91 Å². The molecule has 2 saturated carbocycles. The lowest BCUT2D eigenvalue weighted by Gasteiger charge is -2.28. The first-order valence-electron chi connectivity index (χ1n) is 9.54. The van der Waals surface area contributed by atoms with Gasteiger partial charge in [0.15, 0.2) is 12.2 Å². The summed E-state index contributed by atoms with van der Waals surface area (Å²) in [7, 11) is 0. The summed E-state index contributed by atoms with van der Waals surface area (Å²) >= 11 is 0. The van der Waals surface area contributed by atoms with Crippen LogP contribution in [0.2, 0.25) is 0 Å². The number of nitrogens with zero attached hydrogens (tertiary/aromatic N) is 1. The number of esters is 1. The van der Waals surface area contributed by atoms with E-state index in [1.807, 2.05) is 6.92 Å². The summed E-state index contributed by atoms with van der Waals surface area (Å²) in [6, 6.07) is 6.94. The van der Waals surface area contributed by atoms with Gasteiger partial charge in [0.05, 0.1) is 5.52 Å². The number of aromatic nitrogens is 1. The van der Waals surface area contributed by atoms with Crippen molar-refractivity contribution in [2.45, 2.75) is 45.2 Å². The number of hydrogen-bond donors (Lipinski definition) is 1. The van der Waals surface area contributed by atoms with Crippen LogP contribution in [0.3, 0.4) is 0 Å². The monoisotopic (exact) mass is 372 g/mol. The third kappa shape index (κ3) is 3.63. The smallest absolute Gasteiger partial charge is 0.420 e. The molecule has 4 rings (SSSR count). The second kappa shape index (κ2) is 7.21. The maximum absolute atomic E-state index is 12.1. The zero-order valence-electron chi connectivity index (χ0n) is 15.3. The van der Waals surface area contributed by atoms with Gasteiger partial charge in [-0.1, -0.05) is 18.6 Å². The standard InChI is InChI=1S/C20H24N2O5/c1-12(15-9-13-6-7-14(15)8-13)21-18(23)11-26-19(24)10-22-16-4-2-3-5-17(16)27-20(22)25/h2-5,12-15H,6-11H2,1H3,(H,21,23)/t12-,13-,14-,15-/m0/s1. The third-order valence-electron chi connectivity index (χ3n) is 6.05. The summed E-state index contributed by atoms with van der Waals surface area (Å²) < 4.78 is 11.3. The highest BCUT2D eigenvalue weighted by Gasteiger charge is 2.42. The van der Waals surface area contributed by atoms with Crippen molar-refractivity contribution in [1.82, 2.24) is 9.88 Å². The zero-order valence-corrected chi connectivity index (χ0v) is 15.3. The summed E-state index contributed by atoms with van der Waals surface area (Å²) in [5, 5.41) is 2.96. The maximum Gasteiger partial charge on any atom is 0.420 e. The number of carbonyl (C=O) groups is 2. The Morgan fingerprint density at radius 3 is 2.85 bits per heavy atom. The molecule has 2 aliphatic rings.